The molecular weight excluding hydrogens is 254 g/mol. The molecule has 0 saturated carbocycles. The largest absolute Gasteiger partial charge is 0.388 e. The number of pyridine rings is 1. The van der Waals surface area contributed by atoms with E-state index >= 15 is 0 Å². The predicted molar refractivity (Wildman–Crippen MR) is 73.6 cm³/mol. The van der Waals surface area contributed by atoms with Gasteiger partial charge in [0.2, 0.25) is 0 Å². The predicted octanol–water partition coefficient (Wildman–Crippen LogP) is 0.740. The van der Waals surface area contributed by atoms with Gasteiger partial charge in [-0.3, -0.25) is 4.98 Å². The molecule has 0 aliphatic carbocycles. The van der Waals surface area contributed by atoms with Crippen LogP contribution in [0.25, 0.3) is 11.4 Å². The van der Waals surface area contributed by atoms with Crippen molar-refractivity contribution in [1.29, 1.82) is 0 Å². The highest BCUT2D eigenvalue weighted by Crippen LogP contribution is 2.17. The molecule has 5 nitrogen and oxygen atoms in total. The Hall–Kier alpha value is -1.86. The summed E-state index contributed by atoms with van der Waals surface area (Å²) in [5, 5.41) is 0. The van der Waals surface area contributed by atoms with E-state index in [1.54, 1.807) is 18.5 Å². The van der Waals surface area contributed by atoms with Crippen molar-refractivity contribution in [2.45, 2.75) is 0 Å². The average Bonchev–Trinajstić information content (AvgIpc) is 2.75. The molecule has 2 rings (SSSR count). The van der Waals surface area contributed by atoms with Gasteiger partial charge in [-0.05, 0) is 12.1 Å². The number of aromatic nitrogens is 3. The first kappa shape index (κ1) is 11.6. The molecule has 0 saturated heterocycles. The van der Waals surface area contributed by atoms with Gasteiger partial charge in [-0.25, -0.2) is 4.98 Å². The highest BCUT2D eigenvalue weighted by Gasteiger charge is 2.15. The molecule has 2 heterocycles. The highest BCUT2D eigenvalue weighted by atomic mass is 32.1. The highest BCUT2D eigenvalue weighted by molar-refractivity contribution is 7.81. The first-order valence-electron chi connectivity index (χ1n) is 4.69. The minimum Gasteiger partial charge on any atom is -0.388 e. The summed E-state index contributed by atoms with van der Waals surface area (Å²) in [4.78, 5) is 11.6. The summed E-state index contributed by atoms with van der Waals surface area (Å²) in [7, 11) is 0. The Morgan fingerprint density at radius 1 is 1.24 bits per heavy atom. The van der Waals surface area contributed by atoms with E-state index in [1.807, 2.05) is 6.07 Å². The Morgan fingerprint density at radius 2 is 2.00 bits per heavy atom. The van der Waals surface area contributed by atoms with E-state index in [0.29, 0.717) is 17.2 Å². The maximum absolute atomic E-state index is 5.57. The minimum atomic E-state index is 0.152. The van der Waals surface area contributed by atoms with E-state index < -0.39 is 0 Å². The number of nitrogens with two attached hydrogens (primary N) is 2. The van der Waals surface area contributed by atoms with E-state index in [-0.39, 0.29) is 9.98 Å². The van der Waals surface area contributed by atoms with Crippen LogP contribution in [-0.4, -0.2) is 24.9 Å². The van der Waals surface area contributed by atoms with E-state index in [1.165, 1.54) is 0 Å². The van der Waals surface area contributed by atoms with Gasteiger partial charge in [0.25, 0.3) is 0 Å². The van der Waals surface area contributed by atoms with Crippen molar-refractivity contribution < 1.29 is 0 Å². The fraction of sp³-hybridized carbons (Fsp3) is 0. The molecule has 2 aromatic rings. The Bertz CT molecular complexity index is 544. The summed E-state index contributed by atoms with van der Waals surface area (Å²) in [6, 6.07) is 3.66. The van der Waals surface area contributed by atoms with E-state index in [4.69, 9.17) is 35.9 Å². The van der Waals surface area contributed by atoms with Gasteiger partial charge in [0.1, 0.15) is 27.2 Å². The lowest BCUT2D eigenvalue weighted by Crippen LogP contribution is -2.18. The second kappa shape index (κ2) is 4.56. The van der Waals surface area contributed by atoms with Crippen LogP contribution in [0.1, 0.15) is 11.4 Å². The molecule has 5 N–H and O–H groups in total. The number of nitrogens with one attached hydrogen (secondary N) is 1. The van der Waals surface area contributed by atoms with E-state index in [2.05, 4.69) is 15.0 Å². The van der Waals surface area contributed by atoms with Gasteiger partial charge in [-0.15, -0.1) is 0 Å². The van der Waals surface area contributed by atoms with Crippen LogP contribution in [0, 0.1) is 0 Å². The van der Waals surface area contributed by atoms with Gasteiger partial charge >= 0.3 is 0 Å². The van der Waals surface area contributed by atoms with Crippen LogP contribution in [-0.2, 0) is 0 Å². The van der Waals surface area contributed by atoms with Crippen LogP contribution >= 0.6 is 24.4 Å². The Kier molecular flexibility index (Phi) is 3.12. The van der Waals surface area contributed by atoms with Crippen LogP contribution in [0.4, 0.5) is 0 Å². The molecule has 0 aliphatic heterocycles. The summed E-state index contributed by atoms with van der Waals surface area (Å²) in [5.41, 5.74) is 12.8. The van der Waals surface area contributed by atoms with Crippen molar-refractivity contribution in [3.8, 4) is 11.4 Å². The summed E-state index contributed by atoms with van der Waals surface area (Å²) >= 11 is 9.80. The van der Waals surface area contributed by atoms with Crippen LogP contribution < -0.4 is 11.5 Å². The monoisotopic (exact) mass is 263 g/mol. The fourth-order valence-electron chi connectivity index (χ4n) is 1.37. The van der Waals surface area contributed by atoms with Gasteiger partial charge in [0, 0.05) is 18.0 Å². The van der Waals surface area contributed by atoms with Gasteiger partial charge in [0.15, 0.2) is 0 Å². The van der Waals surface area contributed by atoms with Crippen LogP contribution in [0.15, 0.2) is 24.5 Å². The molecule has 0 fully saturated rings. The molecular formula is C10H9N5S2. The molecule has 0 amide bonds. The lowest BCUT2D eigenvalue weighted by atomic mass is 10.3. The smallest absolute Gasteiger partial charge is 0.140 e. The van der Waals surface area contributed by atoms with Gasteiger partial charge in [0.05, 0.1) is 0 Å². The quantitative estimate of drug-likeness (QED) is 0.707. The number of imidazole rings is 1. The van der Waals surface area contributed by atoms with Gasteiger partial charge in [-0.2, -0.15) is 0 Å². The van der Waals surface area contributed by atoms with Crippen molar-refractivity contribution in [1.82, 2.24) is 15.0 Å². The van der Waals surface area contributed by atoms with Gasteiger partial charge < -0.3 is 16.5 Å². The van der Waals surface area contributed by atoms with E-state index in [0.717, 1.165) is 5.56 Å². The second-order valence-corrected chi connectivity index (χ2v) is 4.16. The number of nitrogens with zero attached hydrogens (tertiary/aromatic N) is 2. The molecule has 7 heteroatoms. The van der Waals surface area contributed by atoms with Crippen LogP contribution in [0.2, 0.25) is 0 Å². The molecule has 2 aromatic heterocycles. The van der Waals surface area contributed by atoms with Crippen molar-refractivity contribution in [3.05, 3.63) is 35.9 Å². The summed E-state index contributed by atoms with van der Waals surface area (Å²) in [6.07, 6.45) is 3.35. The Labute approximate surface area is 108 Å². The maximum Gasteiger partial charge on any atom is 0.140 e. The third-order valence-electron chi connectivity index (χ3n) is 2.12. The zero-order valence-corrected chi connectivity index (χ0v) is 10.3. The molecule has 86 valence electrons. The number of aromatic amines is 1. The molecule has 17 heavy (non-hydrogen) atoms. The molecule has 0 aliphatic rings. The molecule has 0 spiro atoms. The molecule has 0 radical (unpaired) electrons. The number of rotatable bonds is 3. The summed E-state index contributed by atoms with van der Waals surface area (Å²) in [5.74, 6) is 0.587. The molecule has 0 unspecified atom stereocenters. The fourth-order valence-corrected chi connectivity index (χ4v) is 1.66. The van der Waals surface area contributed by atoms with Crippen molar-refractivity contribution >= 4 is 34.4 Å². The Balaban J connectivity index is 2.55. The second-order valence-electron chi connectivity index (χ2n) is 3.28. The third-order valence-corrected chi connectivity index (χ3v) is 2.52. The lowest BCUT2D eigenvalue weighted by Gasteiger charge is -1.95. The van der Waals surface area contributed by atoms with Crippen molar-refractivity contribution in [3.63, 3.8) is 0 Å². The number of hydrogen-bond acceptors (Lipinski definition) is 4. The van der Waals surface area contributed by atoms with E-state index in [9.17, 15) is 0 Å². The zero-order chi connectivity index (χ0) is 12.4. The lowest BCUT2D eigenvalue weighted by molar-refractivity contribution is 1.25. The van der Waals surface area contributed by atoms with Crippen molar-refractivity contribution in [2.75, 3.05) is 0 Å². The van der Waals surface area contributed by atoms with Crippen LogP contribution in [0.3, 0.4) is 0 Å². The minimum absolute atomic E-state index is 0.152. The molecule has 0 atom stereocenters. The average molecular weight is 263 g/mol. The molecule has 0 aromatic carbocycles. The zero-order valence-electron chi connectivity index (χ0n) is 8.68. The first-order valence-corrected chi connectivity index (χ1v) is 5.51. The number of H-pyrrole nitrogens is 1. The molecule has 0 bridgehead atoms. The van der Waals surface area contributed by atoms with Gasteiger partial charge in [-0.1, -0.05) is 24.4 Å². The standard InChI is InChI=1S/C10H9N5S2/c11-8(16)6-7(9(12)17)15-10(14-6)5-2-1-3-13-4-5/h1-4H,(H2,11,16)(H2,12,17)(H,14,15). The first-order chi connectivity index (χ1) is 8.09. The van der Waals surface area contributed by atoms with Crippen LogP contribution in [0.5, 0.6) is 0 Å². The SMILES string of the molecule is NC(=S)c1nc(-c2cccnc2)[nH]c1C(N)=S. The summed E-state index contributed by atoms with van der Waals surface area (Å²) < 4.78 is 0. The topological polar surface area (TPSA) is 93.6 Å². The third kappa shape index (κ3) is 2.29. The van der Waals surface area contributed by atoms with Crippen molar-refractivity contribution in [2.24, 2.45) is 11.5 Å². The number of thiocarbonyl (C=S) groups is 2. The maximum atomic E-state index is 5.57. The number of hydrogen-bond donors (Lipinski definition) is 3. The normalized spacial score (nSPS) is 10.1. The Morgan fingerprint density at radius 3 is 2.47 bits per heavy atom. The summed E-state index contributed by atoms with van der Waals surface area (Å²) in [6.45, 7) is 0.